The van der Waals surface area contributed by atoms with E-state index < -0.39 is 11.9 Å². The number of rotatable bonds is 2. The first-order chi connectivity index (χ1) is 9.18. The number of hydrogen-bond donors (Lipinski definition) is 1. The van der Waals surface area contributed by atoms with Crippen LogP contribution in [-0.4, -0.2) is 5.11 Å². The lowest BCUT2D eigenvalue weighted by molar-refractivity contribution is 0.216. The second-order valence-corrected chi connectivity index (χ2v) is 6.00. The van der Waals surface area contributed by atoms with Crippen LogP contribution in [0, 0.1) is 5.82 Å². The Morgan fingerprint density at radius 3 is 2.63 bits per heavy atom. The van der Waals surface area contributed by atoms with Gasteiger partial charge in [-0.25, -0.2) is 4.39 Å². The second-order valence-electron chi connectivity index (χ2n) is 4.23. The summed E-state index contributed by atoms with van der Waals surface area (Å²) in [7, 11) is 0. The van der Waals surface area contributed by atoms with Crippen LogP contribution in [0.1, 0.15) is 17.2 Å². The van der Waals surface area contributed by atoms with Crippen molar-refractivity contribution >= 4 is 37.4 Å². The Bertz CT molecular complexity index is 738. The van der Waals surface area contributed by atoms with E-state index in [9.17, 15) is 9.50 Å². The van der Waals surface area contributed by atoms with E-state index in [0.717, 1.165) is 15.6 Å². The monoisotopic (exact) mass is 336 g/mol. The average molecular weight is 337 g/mol. The average Bonchev–Trinajstić information content (AvgIpc) is 2.89. The summed E-state index contributed by atoms with van der Waals surface area (Å²) in [6.07, 6.45) is -0.958. The van der Waals surface area contributed by atoms with Crippen molar-refractivity contribution in [1.82, 2.24) is 0 Å². The Kier molecular flexibility index (Phi) is 3.39. The molecule has 4 heteroatoms. The maximum atomic E-state index is 14.1. The van der Waals surface area contributed by atoms with E-state index in [0.29, 0.717) is 4.47 Å². The summed E-state index contributed by atoms with van der Waals surface area (Å²) < 4.78 is 15.4. The van der Waals surface area contributed by atoms with Gasteiger partial charge in [0, 0.05) is 15.8 Å². The van der Waals surface area contributed by atoms with Crippen molar-refractivity contribution in [3.63, 3.8) is 0 Å². The van der Waals surface area contributed by atoms with Gasteiger partial charge in [0.2, 0.25) is 0 Å². The summed E-state index contributed by atoms with van der Waals surface area (Å²) in [6.45, 7) is 0. The third-order valence-corrected chi connectivity index (χ3v) is 4.67. The van der Waals surface area contributed by atoms with Crippen molar-refractivity contribution in [3.8, 4) is 0 Å². The standard InChI is InChI=1S/C15H10BrFOS/c16-12-6-2-4-10(13(12)17)14(18)11-5-1-3-9-7-8-19-15(9)11/h1-8,14,18H. The molecule has 0 amide bonds. The minimum atomic E-state index is -0.958. The molecule has 0 fully saturated rings. The molecular formula is C15H10BrFOS. The minimum absolute atomic E-state index is 0.287. The zero-order valence-corrected chi connectivity index (χ0v) is 12.2. The predicted octanol–water partition coefficient (Wildman–Crippen LogP) is 4.88. The van der Waals surface area contributed by atoms with E-state index in [1.165, 1.54) is 0 Å². The molecule has 3 rings (SSSR count). The van der Waals surface area contributed by atoms with Crippen LogP contribution in [-0.2, 0) is 0 Å². The first-order valence-corrected chi connectivity index (χ1v) is 7.44. The molecule has 0 aliphatic rings. The molecule has 0 aliphatic heterocycles. The van der Waals surface area contributed by atoms with Crippen LogP contribution < -0.4 is 0 Å². The number of benzene rings is 2. The van der Waals surface area contributed by atoms with Gasteiger partial charge in [-0.15, -0.1) is 11.3 Å². The van der Waals surface area contributed by atoms with E-state index in [1.807, 2.05) is 29.6 Å². The van der Waals surface area contributed by atoms with Crippen LogP contribution in [0.3, 0.4) is 0 Å². The molecule has 1 nitrogen and oxygen atoms in total. The van der Waals surface area contributed by atoms with Crippen molar-refractivity contribution in [2.75, 3.05) is 0 Å². The third-order valence-electron chi connectivity index (χ3n) is 3.08. The summed E-state index contributed by atoms with van der Waals surface area (Å²) in [4.78, 5) is 0. The SMILES string of the molecule is OC(c1cccc(Br)c1F)c1cccc2ccsc12. The lowest BCUT2D eigenvalue weighted by atomic mass is 10.00. The normalized spacial score (nSPS) is 12.8. The molecule has 1 N–H and O–H groups in total. The van der Waals surface area contributed by atoms with Crippen LogP contribution in [0.5, 0.6) is 0 Å². The Hall–Kier alpha value is -1.23. The molecule has 0 bridgehead atoms. The predicted molar refractivity (Wildman–Crippen MR) is 80.0 cm³/mol. The van der Waals surface area contributed by atoms with Gasteiger partial charge in [0.15, 0.2) is 0 Å². The molecule has 0 radical (unpaired) electrons. The molecule has 96 valence electrons. The zero-order chi connectivity index (χ0) is 13.4. The number of aliphatic hydroxyl groups excluding tert-OH is 1. The van der Waals surface area contributed by atoms with Gasteiger partial charge in [-0.1, -0.05) is 30.3 Å². The van der Waals surface area contributed by atoms with Crippen LogP contribution in [0.25, 0.3) is 10.1 Å². The summed E-state index contributed by atoms with van der Waals surface area (Å²) >= 11 is 4.70. The van der Waals surface area contributed by atoms with E-state index in [4.69, 9.17) is 0 Å². The van der Waals surface area contributed by atoms with E-state index in [1.54, 1.807) is 29.5 Å². The van der Waals surface area contributed by atoms with E-state index >= 15 is 0 Å². The van der Waals surface area contributed by atoms with Crippen LogP contribution in [0.4, 0.5) is 4.39 Å². The van der Waals surface area contributed by atoms with Gasteiger partial charge >= 0.3 is 0 Å². The van der Waals surface area contributed by atoms with Crippen molar-refractivity contribution in [2.24, 2.45) is 0 Å². The van der Waals surface area contributed by atoms with Gasteiger partial charge in [0.25, 0.3) is 0 Å². The second kappa shape index (κ2) is 5.04. The van der Waals surface area contributed by atoms with Gasteiger partial charge in [-0.2, -0.15) is 0 Å². The molecule has 1 aromatic heterocycles. The largest absolute Gasteiger partial charge is 0.383 e. The van der Waals surface area contributed by atoms with E-state index in [-0.39, 0.29) is 5.56 Å². The molecule has 0 saturated carbocycles. The Morgan fingerprint density at radius 2 is 1.79 bits per heavy atom. The molecule has 1 heterocycles. The quantitative estimate of drug-likeness (QED) is 0.706. The highest BCUT2D eigenvalue weighted by atomic mass is 79.9. The minimum Gasteiger partial charge on any atom is -0.383 e. The number of thiophene rings is 1. The summed E-state index contributed by atoms with van der Waals surface area (Å²) in [6, 6.07) is 12.6. The van der Waals surface area contributed by atoms with Gasteiger partial charge in [-0.05, 0) is 38.8 Å². The highest BCUT2D eigenvalue weighted by Gasteiger charge is 2.19. The van der Waals surface area contributed by atoms with Crippen molar-refractivity contribution in [2.45, 2.75) is 6.10 Å². The topological polar surface area (TPSA) is 20.2 Å². The molecule has 19 heavy (non-hydrogen) atoms. The number of halogens is 2. The van der Waals surface area contributed by atoms with E-state index in [2.05, 4.69) is 15.9 Å². The Morgan fingerprint density at radius 1 is 1.05 bits per heavy atom. The van der Waals surface area contributed by atoms with Gasteiger partial charge in [0.1, 0.15) is 11.9 Å². The van der Waals surface area contributed by atoms with Crippen LogP contribution in [0.15, 0.2) is 52.3 Å². The van der Waals surface area contributed by atoms with Crippen LogP contribution in [0.2, 0.25) is 0 Å². The van der Waals surface area contributed by atoms with Crippen molar-refractivity contribution in [3.05, 3.63) is 69.3 Å². The first kappa shape index (κ1) is 12.8. The van der Waals surface area contributed by atoms with Crippen LogP contribution >= 0.6 is 27.3 Å². The number of aliphatic hydroxyl groups is 1. The van der Waals surface area contributed by atoms with Crippen molar-refractivity contribution < 1.29 is 9.50 Å². The fraction of sp³-hybridized carbons (Fsp3) is 0.0667. The van der Waals surface area contributed by atoms with Crippen molar-refractivity contribution in [1.29, 1.82) is 0 Å². The molecule has 0 saturated heterocycles. The maximum Gasteiger partial charge on any atom is 0.143 e. The lowest BCUT2D eigenvalue weighted by Crippen LogP contribution is -2.03. The third kappa shape index (κ3) is 2.20. The van der Waals surface area contributed by atoms with Gasteiger partial charge in [-0.3, -0.25) is 0 Å². The molecule has 0 aliphatic carbocycles. The fourth-order valence-electron chi connectivity index (χ4n) is 2.13. The number of hydrogen-bond acceptors (Lipinski definition) is 2. The molecular weight excluding hydrogens is 327 g/mol. The highest BCUT2D eigenvalue weighted by Crippen LogP contribution is 2.34. The smallest absolute Gasteiger partial charge is 0.143 e. The molecule has 2 aromatic carbocycles. The molecule has 1 atom stereocenters. The number of fused-ring (bicyclic) bond motifs is 1. The Balaban J connectivity index is 2.16. The summed E-state index contributed by atoms with van der Waals surface area (Å²) in [5.41, 5.74) is 1.03. The maximum absolute atomic E-state index is 14.1. The van der Waals surface area contributed by atoms with Gasteiger partial charge < -0.3 is 5.11 Å². The Labute approximate surface area is 122 Å². The molecule has 1 unspecified atom stereocenters. The highest BCUT2D eigenvalue weighted by molar-refractivity contribution is 9.10. The summed E-state index contributed by atoms with van der Waals surface area (Å²) in [5.74, 6) is -0.413. The lowest BCUT2D eigenvalue weighted by Gasteiger charge is -2.14. The molecule has 3 aromatic rings. The molecule has 0 spiro atoms. The van der Waals surface area contributed by atoms with Gasteiger partial charge in [0.05, 0.1) is 4.47 Å². The summed E-state index contributed by atoms with van der Waals surface area (Å²) in [5, 5.41) is 13.5. The zero-order valence-electron chi connectivity index (χ0n) is 9.81. The first-order valence-electron chi connectivity index (χ1n) is 5.76. The fourth-order valence-corrected chi connectivity index (χ4v) is 3.45.